The molecule has 1 aliphatic carbocycles. The normalized spacial score (nSPS) is 18.6. The number of aromatic nitrogens is 4. The molecule has 0 radical (unpaired) electrons. The molecular formula is C22H23Cl2N5O4. The molecule has 1 aromatic carbocycles. The van der Waals surface area contributed by atoms with Crippen molar-refractivity contribution in [1.82, 2.24) is 23.6 Å². The minimum absolute atomic E-state index is 0.0353. The lowest BCUT2D eigenvalue weighted by Crippen LogP contribution is -2.55. The molecule has 2 aromatic heterocycles. The maximum Gasteiger partial charge on any atom is 0.332 e. The number of halogens is 2. The molecule has 0 aliphatic heterocycles. The molecule has 1 saturated carbocycles. The van der Waals surface area contributed by atoms with E-state index < -0.39 is 22.7 Å². The number of carbonyl (C=O) groups excluding carboxylic acids is 2. The van der Waals surface area contributed by atoms with Crippen molar-refractivity contribution in [2.24, 2.45) is 14.1 Å². The van der Waals surface area contributed by atoms with Crippen LogP contribution in [0.5, 0.6) is 0 Å². The molecule has 2 heterocycles. The fourth-order valence-electron chi connectivity index (χ4n) is 4.65. The van der Waals surface area contributed by atoms with Gasteiger partial charge in [0.15, 0.2) is 16.9 Å². The number of imidazole rings is 1. The van der Waals surface area contributed by atoms with E-state index in [1.54, 1.807) is 31.3 Å². The van der Waals surface area contributed by atoms with Crippen LogP contribution >= 0.6 is 23.2 Å². The third-order valence-corrected chi connectivity index (χ3v) is 7.13. The van der Waals surface area contributed by atoms with Gasteiger partial charge in [-0.2, -0.15) is 4.98 Å². The van der Waals surface area contributed by atoms with Crippen LogP contribution in [0.15, 0.2) is 33.9 Å². The molecule has 174 valence electrons. The Morgan fingerprint density at radius 3 is 2.48 bits per heavy atom. The molecule has 0 N–H and O–H groups in total. The van der Waals surface area contributed by atoms with Crippen LogP contribution in [-0.4, -0.2) is 42.3 Å². The van der Waals surface area contributed by atoms with E-state index in [4.69, 9.17) is 23.2 Å². The zero-order chi connectivity index (χ0) is 24.1. The second kappa shape index (κ2) is 8.46. The van der Waals surface area contributed by atoms with Gasteiger partial charge < -0.3 is 4.90 Å². The topological polar surface area (TPSA) is 99.2 Å². The first-order chi connectivity index (χ1) is 15.6. The fraction of sp³-hybridized carbons (Fsp3) is 0.409. The SMILES string of the molecule is CN(C(=O)Cn1c(Cl)nc2c1c(=O)n(C)c(=O)n2C)[C@]1(c2ccccc2Cl)CCCCC1=O. The predicted octanol–water partition coefficient (Wildman–Crippen LogP) is 2.24. The van der Waals surface area contributed by atoms with E-state index in [1.165, 1.54) is 28.1 Å². The first kappa shape index (κ1) is 23.3. The highest BCUT2D eigenvalue weighted by atomic mass is 35.5. The summed E-state index contributed by atoms with van der Waals surface area (Å²) < 4.78 is 3.40. The number of ketones is 1. The van der Waals surface area contributed by atoms with Crippen LogP contribution in [0, 0.1) is 0 Å². The van der Waals surface area contributed by atoms with Gasteiger partial charge in [0, 0.05) is 38.1 Å². The van der Waals surface area contributed by atoms with Crippen molar-refractivity contribution < 1.29 is 9.59 Å². The van der Waals surface area contributed by atoms with Crippen molar-refractivity contribution in [2.75, 3.05) is 7.05 Å². The van der Waals surface area contributed by atoms with Crippen LogP contribution < -0.4 is 11.2 Å². The van der Waals surface area contributed by atoms with Crippen molar-refractivity contribution in [1.29, 1.82) is 0 Å². The van der Waals surface area contributed by atoms with Gasteiger partial charge in [-0.25, -0.2) is 4.79 Å². The monoisotopic (exact) mass is 491 g/mol. The van der Waals surface area contributed by atoms with Gasteiger partial charge in [0.2, 0.25) is 11.2 Å². The molecule has 1 amide bonds. The van der Waals surface area contributed by atoms with Gasteiger partial charge in [0.1, 0.15) is 12.1 Å². The van der Waals surface area contributed by atoms with Gasteiger partial charge in [-0.05, 0) is 36.9 Å². The molecule has 3 aromatic rings. The number of carbonyl (C=O) groups is 2. The summed E-state index contributed by atoms with van der Waals surface area (Å²) in [6, 6.07) is 7.02. The lowest BCUT2D eigenvalue weighted by Gasteiger charge is -2.44. The van der Waals surface area contributed by atoms with Gasteiger partial charge in [0.25, 0.3) is 5.56 Å². The van der Waals surface area contributed by atoms with Crippen molar-refractivity contribution in [3.05, 3.63) is 61.0 Å². The number of fused-ring (bicyclic) bond motifs is 1. The van der Waals surface area contributed by atoms with E-state index in [0.29, 0.717) is 23.4 Å². The Bertz CT molecular complexity index is 1410. The second-order valence-electron chi connectivity index (χ2n) is 8.27. The maximum absolute atomic E-state index is 13.5. The molecule has 1 aliphatic rings. The van der Waals surface area contributed by atoms with Crippen LogP contribution in [0.3, 0.4) is 0 Å². The molecule has 0 unspecified atom stereocenters. The number of rotatable bonds is 4. The first-order valence-corrected chi connectivity index (χ1v) is 11.2. The molecule has 0 saturated heterocycles. The smallest absolute Gasteiger partial charge is 0.327 e. The number of amides is 1. The van der Waals surface area contributed by atoms with Gasteiger partial charge in [0.05, 0.1) is 0 Å². The molecular weight excluding hydrogens is 469 g/mol. The molecule has 9 nitrogen and oxygen atoms in total. The largest absolute Gasteiger partial charge is 0.332 e. The Balaban J connectivity index is 1.82. The summed E-state index contributed by atoms with van der Waals surface area (Å²) >= 11 is 12.8. The third-order valence-electron chi connectivity index (χ3n) is 6.51. The molecule has 0 spiro atoms. The number of aryl methyl sites for hydroxylation is 1. The van der Waals surface area contributed by atoms with E-state index in [9.17, 15) is 19.2 Å². The van der Waals surface area contributed by atoms with Crippen molar-refractivity contribution in [3.63, 3.8) is 0 Å². The molecule has 0 bridgehead atoms. The Morgan fingerprint density at radius 1 is 1.12 bits per heavy atom. The summed E-state index contributed by atoms with van der Waals surface area (Å²) in [6.07, 6.45) is 2.27. The van der Waals surface area contributed by atoms with Crippen LogP contribution in [0.25, 0.3) is 11.2 Å². The minimum Gasteiger partial charge on any atom is -0.327 e. The number of benzene rings is 1. The number of nitrogens with zero attached hydrogens (tertiary/aromatic N) is 5. The van der Waals surface area contributed by atoms with E-state index in [-0.39, 0.29) is 28.8 Å². The number of likely N-dealkylation sites (N-methyl/N-ethyl adjacent to an activating group) is 1. The van der Waals surface area contributed by atoms with Crippen molar-refractivity contribution >= 4 is 46.1 Å². The summed E-state index contributed by atoms with van der Waals surface area (Å²) in [5, 5.41) is 0.300. The quantitative estimate of drug-likeness (QED) is 0.521. The summed E-state index contributed by atoms with van der Waals surface area (Å²) in [6.45, 7) is -0.335. The zero-order valence-electron chi connectivity index (χ0n) is 18.5. The van der Waals surface area contributed by atoms with Crippen LogP contribution in [0.4, 0.5) is 0 Å². The highest BCUT2D eigenvalue weighted by Crippen LogP contribution is 2.42. The maximum atomic E-state index is 13.5. The second-order valence-corrected chi connectivity index (χ2v) is 9.01. The highest BCUT2D eigenvalue weighted by Gasteiger charge is 2.48. The summed E-state index contributed by atoms with van der Waals surface area (Å²) in [5.41, 5.74) is -1.69. The molecule has 4 rings (SSSR count). The van der Waals surface area contributed by atoms with E-state index in [1.807, 2.05) is 0 Å². The molecule has 33 heavy (non-hydrogen) atoms. The van der Waals surface area contributed by atoms with E-state index in [2.05, 4.69) is 4.98 Å². The standard InChI is InChI=1S/C22H23Cl2N5O4/c1-26-18-17(19(32)27(2)21(26)33)29(20(24)25-18)12-16(31)28(3)22(11-7-6-10-15(22)30)13-8-4-5-9-14(13)23/h4-5,8-9H,6-7,10-12H2,1-3H3/t22-/m0/s1. The Kier molecular flexibility index (Phi) is 5.96. The van der Waals surface area contributed by atoms with Crippen molar-refractivity contribution in [3.8, 4) is 0 Å². The minimum atomic E-state index is -1.21. The molecule has 1 fully saturated rings. The van der Waals surface area contributed by atoms with Crippen LogP contribution in [0.2, 0.25) is 10.3 Å². The van der Waals surface area contributed by atoms with Gasteiger partial charge in [-0.15, -0.1) is 0 Å². The summed E-state index contributed by atoms with van der Waals surface area (Å²) in [4.78, 5) is 57.4. The van der Waals surface area contributed by atoms with E-state index in [0.717, 1.165) is 17.4 Å². The Morgan fingerprint density at radius 2 is 1.82 bits per heavy atom. The summed E-state index contributed by atoms with van der Waals surface area (Å²) in [5.74, 6) is -0.528. The number of Topliss-reactive ketones (excluding diaryl/α,β-unsaturated/α-hetero) is 1. The van der Waals surface area contributed by atoms with Crippen LogP contribution in [-0.2, 0) is 35.8 Å². The average molecular weight is 492 g/mol. The predicted molar refractivity (Wildman–Crippen MR) is 125 cm³/mol. The lowest BCUT2D eigenvalue weighted by molar-refractivity contribution is -0.148. The Labute approximate surface area is 199 Å². The average Bonchev–Trinajstić information content (AvgIpc) is 3.12. The Hall–Kier alpha value is -2.91. The van der Waals surface area contributed by atoms with Crippen molar-refractivity contribution in [2.45, 2.75) is 37.8 Å². The fourth-order valence-corrected chi connectivity index (χ4v) is 5.16. The van der Waals surface area contributed by atoms with Gasteiger partial charge in [-0.3, -0.25) is 28.1 Å². The zero-order valence-corrected chi connectivity index (χ0v) is 20.0. The van der Waals surface area contributed by atoms with Crippen LogP contribution in [0.1, 0.15) is 31.2 Å². The lowest BCUT2D eigenvalue weighted by atomic mass is 9.74. The summed E-state index contributed by atoms with van der Waals surface area (Å²) in [7, 11) is 4.38. The highest BCUT2D eigenvalue weighted by molar-refractivity contribution is 6.32. The van der Waals surface area contributed by atoms with Gasteiger partial charge in [-0.1, -0.05) is 29.8 Å². The third kappa shape index (κ3) is 3.50. The first-order valence-electron chi connectivity index (χ1n) is 10.5. The number of hydrogen-bond acceptors (Lipinski definition) is 5. The molecule has 1 atom stereocenters. The van der Waals surface area contributed by atoms with Gasteiger partial charge >= 0.3 is 5.69 Å². The van der Waals surface area contributed by atoms with E-state index >= 15 is 0 Å². The number of hydrogen-bond donors (Lipinski definition) is 0. The molecule has 11 heteroatoms.